The van der Waals surface area contributed by atoms with Gasteiger partial charge in [0.2, 0.25) is 5.91 Å². The highest BCUT2D eigenvalue weighted by Gasteiger charge is 2.25. The lowest BCUT2D eigenvalue weighted by molar-refractivity contribution is -0.143. The lowest BCUT2D eigenvalue weighted by Gasteiger charge is -2.19. The molecule has 2 unspecified atom stereocenters. The van der Waals surface area contributed by atoms with Crippen LogP contribution in [-0.4, -0.2) is 28.8 Å². The average molecular weight is 295 g/mol. The van der Waals surface area contributed by atoms with Crippen LogP contribution in [0.4, 0.5) is 0 Å². The van der Waals surface area contributed by atoms with E-state index in [-0.39, 0.29) is 17.6 Å². The van der Waals surface area contributed by atoms with Gasteiger partial charge in [0.25, 0.3) is 0 Å². The molecule has 0 radical (unpaired) electrons. The number of hydrogen-bond acceptors (Lipinski definition) is 3. The van der Waals surface area contributed by atoms with Gasteiger partial charge in [0.15, 0.2) is 0 Å². The summed E-state index contributed by atoms with van der Waals surface area (Å²) in [6.45, 7) is 5.74. The van der Waals surface area contributed by atoms with Gasteiger partial charge in [-0.25, -0.2) is 4.79 Å². The zero-order chi connectivity index (χ0) is 15.1. The van der Waals surface area contributed by atoms with Crippen molar-refractivity contribution in [1.29, 1.82) is 0 Å². The molecule has 1 amide bonds. The van der Waals surface area contributed by atoms with Gasteiger partial charge in [0.05, 0.1) is 5.75 Å². The summed E-state index contributed by atoms with van der Waals surface area (Å²) in [5.41, 5.74) is 1.17. The molecule has 1 aromatic carbocycles. The smallest absolute Gasteiger partial charge is 0.326 e. The minimum Gasteiger partial charge on any atom is -0.480 e. The van der Waals surface area contributed by atoms with Gasteiger partial charge in [-0.3, -0.25) is 4.79 Å². The molecule has 0 saturated carbocycles. The van der Waals surface area contributed by atoms with Crippen LogP contribution in [0.2, 0.25) is 0 Å². The third kappa shape index (κ3) is 5.25. The molecule has 2 atom stereocenters. The van der Waals surface area contributed by atoms with Crippen LogP contribution in [0, 0.1) is 12.8 Å². The second-order valence-electron chi connectivity index (χ2n) is 4.87. The molecule has 0 bridgehead atoms. The summed E-state index contributed by atoms with van der Waals surface area (Å²) < 4.78 is 0. The highest BCUT2D eigenvalue weighted by Crippen LogP contribution is 2.18. The van der Waals surface area contributed by atoms with Crippen molar-refractivity contribution in [3.05, 3.63) is 29.8 Å². The van der Waals surface area contributed by atoms with Gasteiger partial charge in [0.1, 0.15) is 6.04 Å². The molecule has 0 fully saturated rings. The first-order valence-electron chi connectivity index (χ1n) is 6.65. The molecule has 0 aromatic heterocycles. The van der Waals surface area contributed by atoms with Gasteiger partial charge >= 0.3 is 5.97 Å². The number of carbonyl (C=O) groups excluding carboxylic acids is 1. The first-order chi connectivity index (χ1) is 9.43. The predicted octanol–water partition coefficient (Wildman–Crippen LogP) is 2.70. The Hall–Kier alpha value is -1.49. The highest BCUT2D eigenvalue weighted by molar-refractivity contribution is 8.00. The monoisotopic (exact) mass is 295 g/mol. The number of carboxylic acids is 1. The minimum absolute atomic E-state index is 0.0826. The van der Waals surface area contributed by atoms with Crippen molar-refractivity contribution in [2.75, 3.05) is 5.75 Å². The van der Waals surface area contributed by atoms with E-state index in [1.807, 2.05) is 45.0 Å². The summed E-state index contributed by atoms with van der Waals surface area (Å²) in [6, 6.07) is 7.07. The molecule has 0 aliphatic heterocycles. The van der Waals surface area contributed by atoms with Crippen molar-refractivity contribution >= 4 is 23.6 Å². The molecule has 1 aromatic rings. The maximum absolute atomic E-state index is 11.8. The van der Waals surface area contributed by atoms with Crippen LogP contribution in [-0.2, 0) is 9.59 Å². The fourth-order valence-corrected chi connectivity index (χ4v) is 2.39. The molecule has 0 saturated heterocycles. The number of thioether (sulfide) groups is 1. The number of carbonyl (C=O) groups is 2. The van der Waals surface area contributed by atoms with Crippen LogP contribution in [0.3, 0.4) is 0 Å². The van der Waals surface area contributed by atoms with Crippen LogP contribution in [0.25, 0.3) is 0 Å². The molecular weight excluding hydrogens is 274 g/mol. The van der Waals surface area contributed by atoms with E-state index in [0.29, 0.717) is 6.42 Å². The third-order valence-corrected chi connectivity index (χ3v) is 4.20. The average Bonchev–Trinajstić information content (AvgIpc) is 2.43. The molecule has 0 aliphatic rings. The zero-order valence-corrected chi connectivity index (χ0v) is 12.9. The Bertz CT molecular complexity index is 459. The van der Waals surface area contributed by atoms with E-state index in [0.717, 1.165) is 4.90 Å². The number of nitrogens with one attached hydrogen (secondary N) is 1. The second-order valence-corrected chi connectivity index (χ2v) is 5.92. The Balaban J connectivity index is 2.49. The minimum atomic E-state index is -0.979. The largest absolute Gasteiger partial charge is 0.480 e. The number of aryl methyl sites for hydroxylation is 1. The Morgan fingerprint density at radius 2 is 1.90 bits per heavy atom. The number of benzene rings is 1. The number of carboxylic acid groups (broad SMARTS) is 1. The molecule has 0 spiro atoms. The topological polar surface area (TPSA) is 66.4 Å². The lowest BCUT2D eigenvalue weighted by atomic mass is 9.99. The maximum atomic E-state index is 11.8. The molecule has 0 heterocycles. The first-order valence-corrected chi connectivity index (χ1v) is 7.64. The van der Waals surface area contributed by atoms with Gasteiger partial charge in [-0.05, 0) is 25.0 Å². The quantitative estimate of drug-likeness (QED) is 0.759. The van der Waals surface area contributed by atoms with E-state index >= 15 is 0 Å². The molecule has 2 N–H and O–H groups in total. The molecule has 4 nitrogen and oxygen atoms in total. The van der Waals surface area contributed by atoms with Gasteiger partial charge in [0, 0.05) is 4.90 Å². The lowest BCUT2D eigenvalue weighted by Crippen LogP contribution is -2.45. The van der Waals surface area contributed by atoms with E-state index in [9.17, 15) is 9.59 Å². The van der Waals surface area contributed by atoms with Gasteiger partial charge in [-0.15, -0.1) is 11.8 Å². The maximum Gasteiger partial charge on any atom is 0.326 e. The van der Waals surface area contributed by atoms with Gasteiger partial charge < -0.3 is 10.4 Å². The van der Waals surface area contributed by atoms with Crippen LogP contribution in [0.5, 0.6) is 0 Å². The Morgan fingerprint density at radius 1 is 1.30 bits per heavy atom. The summed E-state index contributed by atoms with van der Waals surface area (Å²) in [5, 5.41) is 11.7. The number of aliphatic carboxylic acids is 1. The van der Waals surface area contributed by atoms with Gasteiger partial charge in [-0.2, -0.15) is 0 Å². The summed E-state index contributed by atoms with van der Waals surface area (Å²) in [7, 11) is 0. The van der Waals surface area contributed by atoms with E-state index in [1.54, 1.807) is 0 Å². The molecule has 20 heavy (non-hydrogen) atoms. The predicted molar refractivity (Wildman–Crippen MR) is 80.9 cm³/mol. The standard InChI is InChI=1S/C15H21NO3S/c1-4-11(3)14(15(18)19)16-13(17)9-20-12-7-5-10(2)6-8-12/h5-8,11,14H,4,9H2,1-3H3,(H,16,17)(H,18,19). The van der Waals surface area contributed by atoms with Crippen LogP contribution >= 0.6 is 11.8 Å². The van der Waals surface area contributed by atoms with Crippen LogP contribution in [0.1, 0.15) is 25.8 Å². The van der Waals surface area contributed by atoms with Crippen molar-refractivity contribution in [2.45, 2.75) is 38.1 Å². The fourth-order valence-electron chi connectivity index (χ4n) is 1.68. The molecular formula is C15H21NO3S. The zero-order valence-electron chi connectivity index (χ0n) is 12.1. The van der Waals surface area contributed by atoms with Crippen molar-refractivity contribution < 1.29 is 14.7 Å². The number of rotatable bonds is 7. The van der Waals surface area contributed by atoms with Gasteiger partial charge in [-0.1, -0.05) is 38.0 Å². The van der Waals surface area contributed by atoms with Crippen LogP contribution < -0.4 is 5.32 Å². The molecule has 0 aliphatic carbocycles. The second kappa shape index (κ2) is 7.94. The van der Waals surface area contributed by atoms with E-state index in [4.69, 9.17) is 5.11 Å². The molecule has 110 valence electrons. The van der Waals surface area contributed by atoms with Crippen LogP contribution in [0.15, 0.2) is 29.2 Å². The first kappa shape index (κ1) is 16.6. The van der Waals surface area contributed by atoms with E-state index < -0.39 is 12.0 Å². The summed E-state index contributed by atoms with van der Waals surface area (Å²) in [5.74, 6) is -1.08. The SMILES string of the molecule is CCC(C)C(NC(=O)CSc1ccc(C)cc1)C(=O)O. The Labute approximate surface area is 124 Å². The normalized spacial score (nSPS) is 13.6. The summed E-state index contributed by atoms with van der Waals surface area (Å²) in [4.78, 5) is 23.9. The number of hydrogen-bond donors (Lipinski definition) is 2. The Kier molecular flexibility index (Phi) is 6.58. The van der Waals surface area contributed by atoms with Crippen molar-refractivity contribution in [3.8, 4) is 0 Å². The highest BCUT2D eigenvalue weighted by atomic mass is 32.2. The van der Waals surface area contributed by atoms with Crippen molar-refractivity contribution in [3.63, 3.8) is 0 Å². The summed E-state index contributed by atoms with van der Waals surface area (Å²) >= 11 is 1.41. The molecule has 5 heteroatoms. The molecule has 1 rings (SSSR count). The van der Waals surface area contributed by atoms with Crippen molar-refractivity contribution in [1.82, 2.24) is 5.32 Å². The Morgan fingerprint density at radius 3 is 2.40 bits per heavy atom. The van der Waals surface area contributed by atoms with Crippen molar-refractivity contribution in [2.24, 2.45) is 5.92 Å². The van der Waals surface area contributed by atoms with E-state index in [1.165, 1.54) is 17.3 Å². The fraction of sp³-hybridized carbons (Fsp3) is 0.467. The third-order valence-electron chi connectivity index (χ3n) is 3.19. The number of amides is 1. The van der Waals surface area contributed by atoms with E-state index in [2.05, 4.69) is 5.32 Å². The summed E-state index contributed by atoms with van der Waals surface area (Å²) in [6.07, 6.45) is 0.711.